The molecule has 0 spiro atoms. The number of anilines is 1. The van der Waals surface area contributed by atoms with Crippen LogP contribution in [0, 0.1) is 6.92 Å². The molecule has 0 atom stereocenters. The molecule has 0 saturated carbocycles. The Balaban J connectivity index is 1.23. The number of aryl methyl sites for hydroxylation is 1. The van der Waals surface area contributed by atoms with Crippen molar-refractivity contribution in [3.63, 3.8) is 0 Å². The molecule has 0 unspecified atom stereocenters. The summed E-state index contributed by atoms with van der Waals surface area (Å²) in [5, 5.41) is 8.13. The van der Waals surface area contributed by atoms with Gasteiger partial charge in [-0.2, -0.15) is 0 Å². The van der Waals surface area contributed by atoms with Crippen LogP contribution in [0.5, 0.6) is 0 Å². The first kappa shape index (κ1) is 19.3. The maximum absolute atomic E-state index is 5.88. The average molecular weight is 392 g/mol. The number of furan rings is 1. The van der Waals surface area contributed by atoms with E-state index in [-0.39, 0.29) is 0 Å². The lowest BCUT2D eigenvalue weighted by Crippen LogP contribution is -2.49. The number of hydrogen-bond donors (Lipinski definition) is 2. The molecule has 6 nitrogen and oxygen atoms in total. The molecule has 3 aromatic rings. The number of benzene rings is 1. The SMILES string of the molecule is CN=C(NCCc1cc2ccccc2o1)NC1CCN(c2cccc(C)n2)CC1. The summed E-state index contributed by atoms with van der Waals surface area (Å²) in [7, 11) is 1.82. The van der Waals surface area contributed by atoms with Gasteiger partial charge >= 0.3 is 0 Å². The van der Waals surface area contributed by atoms with E-state index in [1.807, 2.05) is 38.2 Å². The van der Waals surface area contributed by atoms with Crippen LogP contribution in [0.3, 0.4) is 0 Å². The fourth-order valence-electron chi connectivity index (χ4n) is 3.81. The normalized spacial score (nSPS) is 15.7. The topological polar surface area (TPSA) is 65.7 Å². The zero-order valence-electron chi connectivity index (χ0n) is 17.2. The third kappa shape index (κ3) is 4.88. The molecule has 0 aliphatic carbocycles. The van der Waals surface area contributed by atoms with Crippen LogP contribution in [0.4, 0.5) is 5.82 Å². The highest BCUT2D eigenvalue weighted by atomic mass is 16.3. The van der Waals surface area contributed by atoms with E-state index in [0.29, 0.717) is 6.04 Å². The van der Waals surface area contributed by atoms with E-state index < -0.39 is 0 Å². The highest BCUT2D eigenvalue weighted by Gasteiger charge is 2.21. The van der Waals surface area contributed by atoms with Crippen molar-refractivity contribution < 1.29 is 4.42 Å². The number of nitrogens with zero attached hydrogens (tertiary/aromatic N) is 3. The van der Waals surface area contributed by atoms with E-state index in [0.717, 1.165) is 73.1 Å². The van der Waals surface area contributed by atoms with E-state index >= 15 is 0 Å². The standard InChI is InChI=1S/C23H29N5O/c1-17-6-5-9-22(26-17)28-14-11-19(12-15-28)27-23(24-2)25-13-10-20-16-18-7-3-4-8-21(18)29-20/h3-9,16,19H,10-15H2,1-2H3,(H2,24,25,27). The van der Waals surface area contributed by atoms with Crippen molar-refractivity contribution in [1.29, 1.82) is 0 Å². The zero-order valence-corrected chi connectivity index (χ0v) is 17.2. The molecule has 1 aliphatic heterocycles. The van der Waals surface area contributed by atoms with Crippen molar-refractivity contribution in [3.8, 4) is 0 Å². The van der Waals surface area contributed by atoms with Gasteiger partial charge in [0.1, 0.15) is 17.2 Å². The Morgan fingerprint density at radius 2 is 2.00 bits per heavy atom. The van der Waals surface area contributed by atoms with Gasteiger partial charge in [-0.3, -0.25) is 4.99 Å². The molecule has 1 saturated heterocycles. The van der Waals surface area contributed by atoms with Gasteiger partial charge in [-0.1, -0.05) is 24.3 Å². The van der Waals surface area contributed by atoms with Crippen molar-refractivity contribution in [1.82, 2.24) is 15.6 Å². The van der Waals surface area contributed by atoms with Crippen molar-refractivity contribution >= 4 is 22.7 Å². The van der Waals surface area contributed by atoms with Crippen LogP contribution in [-0.4, -0.2) is 43.7 Å². The minimum Gasteiger partial charge on any atom is -0.461 e. The number of aliphatic imine (C=N–C) groups is 1. The first-order valence-corrected chi connectivity index (χ1v) is 10.3. The number of hydrogen-bond acceptors (Lipinski definition) is 4. The molecule has 1 aliphatic rings. The minimum atomic E-state index is 0.425. The summed E-state index contributed by atoms with van der Waals surface area (Å²) < 4.78 is 5.88. The van der Waals surface area contributed by atoms with Crippen LogP contribution in [0.1, 0.15) is 24.3 Å². The van der Waals surface area contributed by atoms with Crippen LogP contribution in [-0.2, 0) is 6.42 Å². The monoisotopic (exact) mass is 391 g/mol. The number of para-hydroxylation sites is 1. The van der Waals surface area contributed by atoms with Crippen molar-refractivity contribution in [2.24, 2.45) is 4.99 Å². The largest absolute Gasteiger partial charge is 0.461 e. The van der Waals surface area contributed by atoms with Gasteiger partial charge in [0.05, 0.1) is 0 Å². The van der Waals surface area contributed by atoms with Crippen LogP contribution in [0.25, 0.3) is 11.0 Å². The predicted octanol–water partition coefficient (Wildman–Crippen LogP) is 3.51. The number of fused-ring (bicyclic) bond motifs is 1. The number of pyridine rings is 1. The van der Waals surface area contributed by atoms with Crippen LogP contribution < -0.4 is 15.5 Å². The molecule has 2 N–H and O–H groups in total. The van der Waals surface area contributed by atoms with Gasteiger partial charge in [-0.05, 0) is 44.0 Å². The quantitative estimate of drug-likeness (QED) is 0.515. The lowest BCUT2D eigenvalue weighted by atomic mass is 10.1. The summed E-state index contributed by atoms with van der Waals surface area (Å²) in [6, 6.07) is 16.9. The fraction of sp³-hybridized carbons (Fsp3) is 0.391. The Labute approximate surface area is 172 Å². The van der Waals surface area contributed by atoms with Crippen LogP contribution in [0.2, 0.25) is 0 Å². The van der Waals surface area contributed by atoms with Gasteiger partial charge in [0.2, 0.25) is 0 Å². The number of nitrogens with one attached hydrogen (secondary N) is 2. The van der Waals surface area contributed by atoms with Crippen LogP contribution in [0.15, 0.2) is 57.9 Å². The molecular formula is C23H29N5O. The molecule has 2 aromatic heterocycles. The summed E-state index contributed by atoms with van der Waals surface area (Å²) in [5.74, 6) is 2.93. The molecular weight excluding hydrogens is 362 g/mol. The number of guanidine groups is 1. The van der Waals surface area contributed by atoms with Crippen molar-refractivity contribution in [2.75, 3.05) is 31.6 Å². The smallest absolute Gasteiger partial charge is 0.191 e. The second kappa shape index (κ2) is 8.99. The lowest BCUT2D eigenvalue weighted by Gasteiger charge is -2.34. The molecule has 4 rings (SSSR count). The number of rotatable bonds is 5. The third-order valence-electron chi connectivity index (χ3n) is 5.40. The summed E-state index contributed by atoms with van der Waals surface area (Å²) >= 11 is 0. The molecule has 3 heterocycles. The van der Waals surface area contributed by atoms with E-state index in [2.05, 4.69) is 49.8 Å². The Hall–Kier alpha value is -3.02. The van der Waals surface area contributed by atoms with E-state index in [4.69, 9.17) is 4.42 Å². The van der Waals surface area contributed by atoms with E-state index in [1.54, 1.807) is 0 Å². The Bertz CT molecular complexity index is 939. The van der Waals surface area contributed by atoms with Gasteiger partial charge in [0.15, 0.2) is 5.96 Å². The molecule has 1 aromatic carbocycles. The first-order valence-electron chi connectivity index (χ1n) is 10.3. The summed E-state index contributed by atoms with van der Waals surface area (Å²) in [6.07, 6.45) is 2.96. The molecule has 0 radical (unpaired) electrons. The Kier molecular flexibility index (Phi) is 5.98. The van der Waals surface area contributed by atoms with Gasteiger partial charge in [-0.15, -0.1) is 0 Å². The van der Waals surface area contributed by atoms with Gasteiger partial charge in [0, 0.05) is 50.2 Å². The lowest BCUT2D eigenvalue weighted by molar-refractivity contribution is 0.459. The van der Waals surface area contributed by atoms with E-state index in [9.17, 15) is 0 Å². The molecule has 6 heteroatoms. The number of piperidine rings is 1. The third-order valence-corrected chi connectivity index (χ3v) is 5.40. The molecule has 1 fully saturated rings. The fourth-order valence-corrected chi connectivity index (χ4v) is 3.81. The number of aromatic nitrogens is 1. The Morgan fingerprint density at radius 1 is 1.17 bits per heavy atom. The maximum Gasteiger partial charge on any atom is 0.191 e. The minimum absolute atomic E-state index is 0.425. The molecule has 29 heavy (non-hydrogen) atoms. The van der Waals surface area contributed by atoms with E-state index in [1.165, 1.54) is 0 Å². The highest BCUT2D eigenvalue weighted by Crippen LogP contribution is 2.19. The van der Waals surface area contributed by atoms with Crippen molar-refractivity contribution in [2.45, 2.75) is 32.2 Å². The average Bonchev–Trinajstić information content (AvgIpc) is 3.16. The zero-order chi connectivity index (χ0) is 20.1. The van der Waals surface area contributed by atoms with Gasteiger partial charge < -0.3 is 20.0 Å². The summed E-state index contributed by atoms with van der Waals surface area (Å²) in [6.45, 7) is 4.83. The summed E-state index contributed by atoms with van der Waals surface area (Å²) in [4.78, 5) is 11.4. The van der Waals surface area contributed by atoms with Gasteiger partial charge in [-0.25, -0.2) is 4.98 Å². The van der Waals surface area contributed by atoms with Crippen LogP contribution >= 0.6 is 0 Å². The van der Waals surface area contributed by atoms with Crippen molar-refractivity contribution in [3.05, 3.63) is 60.0 Å². The second-order valence-corrected chi connectivity index (χ2v) is 7.54. The second-order valence-electron chi connectivity index (χ2n) is 7.54. The molecule has 152 valence electrons. The predicted molar refractivity (Wildman–Crippen MR) is 119 cm³/mol. The van der Waals surface area contributed by atoms with Gasteiger partial charge in [0.25, 0.3) is 0 Å². The Morgan fingerprint density at radius 3 is 2.76 bits per heavy atom. The maximum atomic E-state index is 5.88. The molecule has 0 bridgehead atoms. The molecule has 0 amide bonds. The first-order chi connectivity index (χ1) is 14.2. The summed E-state index contributed by atoms with van der Waals surface area (Å²) in [5.41, 5.74) is 2.01. The highest BCUT2D eigenvalue weighted by molar-refractivity contribution is 5.80.